The van der Waals surface area contributed by atoms with Gasteiger partial charge in [-0.15, -0.1) is 0 Å². The molecule has 0 bridgehead atoms. The van der Waals surface area contributed by atoms with Gasteiger partial charge in [0.05, 0.1) is 0 Å². The van der Waals surface area contributed by atoms with Gasteiger partial charge >= 0.3 is 0 Å². The van der Waals surface area contributed by atoms with E-state index < -0.39 is 0 Å². The average molecular weight is 275 g/mol. The quantitative estimate of drug-likeness (QED) is 0.855. The minimum absolute atomic E-state index is 0.324. The summed E-state index contributed by atoms with van der Waals surface area (Å²) in [4.78, 5) is 0. The Hall–Kier alpha value is -1.02. The Morgan fingerprint density at radius 3 is 2.75 bits per heavy atom. The molecule has 1 aliphatic heterocycles. The molecule has 2 atom stereocenters. The number of hydrogen-bond acceptors (Lipinski definition) is 2. The van der Waals surface area contributed by atoms with Crippen LogP contribution in [-0.4, -0.2) is 12.6 Å². The van der Waals surface area contributed by atoms with Gasteiger partial charge in [0, 0.05) is 12.5 Å². The van der Waals surface area contributed by atoms with Gasteiger partial charge in [-0.2, -0.15) is 0 Å². The van der Waals surface area contributed by atoms with Crippen molar-refractivity contribution in [2.24, 2.45) is 5.41 Å². The van der Waals surface area contributed by atoms with Gasteiger partial charge in [-0.1, -0.05) is 39.8 Å². The molecule has 2 nitrogen and oxygen atoms in total. The van der Waals surface area contributed by atoms with Crippen molar-refractivity contribution in [3.05, 3.63) is 29.3 Å². The molecule has 1 aromatic carbocycles. The molecule has 1 aromatic rings. The maximum atomic E-state index is 5.80. The second-order valence-electron chi connectivity index (χ2n) is 7.27. The molecule has 0 aromatic heterocycles. The molecule has 0 radical (unpaired) electrons. The third-order valence-corrected chi connectivity index (χ3v) is 3.78. The van der Waals surface area contributed by atoms with Crippen LogP contribution in [0.2, 0.25) is 0 Å². The van der Waals surface area contributed by atoms with Crippen molar-refractivity contribution >= 4 is 0 Å². The maximum absolute atomic E-state index is 5.80. The Bertz CT molecular complexity index is 447. The summed E-state index contributed by atoms with van der Waals surface area (Å²) in [5.74, 6) is 1.08. The van der Waals surface area contributed by atoms with Crippen LogP contribution < -0.4 is 10.1 Å². The fourth-order valence-electron chi connectivity index (χ4n) is 2.90. The Morgan fingerprint density at radius 2 is 2.10 bits per heavy atom. The zero-order valence-corrected chi connectivity index (χ0v) is 13.6. The van der Waals surface area contributed by atoms with Gasteiger partial charge in [0.1, 0.15) is 11.9 Å². The predicted octanol–water partition coefficient (Wildman–Crippen LogP) is 4.49. The SMILES string of the molecule is CCCNC(CC(C)(C)C)c1ccc2c(c1)CC(C)O2. The topological polar surface area (TPSA) is 21.3 Å². The molecule has 1 heterocycles. The largest absolute Gasteiger partial charge is 0.490 e. The van der Waals surface area contributed by atoms with Crippen molar-refractivity contribution in [3.8, 4) is 5.75 Å². The van der Waals surface area contributed by atoms with Gasteiger partial charge in [-0.3, -0.25) is 0 Å². The van der Waals surface area contributed by atoms with Gasteiger partial charge in [-0.25, -0.2) is 0 Å². The molecule has 0 saturated carbocycles. The van der Waals surface area contributed by atoms with E-state index in [9.17, 15) is 0 Å². The first-order valence-corrected chi connectivity index (χ1v) is 7.92. The molecule has 2 heteroatoms. The van der Waals surface area contributed by atoms with Crippen LogP contribution >= 0.6 is 0 Å². The van der Waals surface area contributed by atoms with Gasteiger partial charge in [-0.05, 0) is 48.9 Å². The third-order valence-electron chi connectivity index (χ3n) is 3.78. The van der Waals surface area contributed by atoms with Crippen LogP contribution in [0.4, 0.5) is 0 Å². The van der Waals surface area contributed by atoms with Crippen molar-refractivity contribution in [1.82, 2.24) is 5.32 Å². The molecular weight excluding hydrogens is 246 g/mol. The smallest absolute Gasteiger partial charge is 0.123 e. The Labute approximate surface area is 123 Å². The zero-order valence-electron chi connectivity index (χ0n) is 13.6. The van der Waals surface area contributed by atoms with Gasteiger partial charge in [0.2, 0.25) is 0 Å². The minimum Gasteiger partial charge on any atom is -0.490 e. The molecule has 2 rings (SSSR count). The van der Waals surface area contributed by atoms with E-state index in [-0.39, 0.29) is 0 Å². The number of benzene rings is 1. The molecule has 0 aliphatic carbocycles. The van der Waals surface area contributed by atoms with E-state index in [1.54, 1.807) is 0 Å². The summed E-state index contributed by atoms with van der Waals surface area (Å²) in [6.07, 6.45) is 3.69. The lowest BCUT2D eigenvalue weighted by Gasteiger charge is -2.27. The van der Waals surface area contributed by atoms with Crippen LogP contribution in [-0.2, 0) is 6.42 Å². The molecule has 0 saturated heterocycles. The molecule has 2 unspecified atom stereocenters. The molecule has 112 valence electrons. The first-order valence-electron chi connectivity index (χ1n) is 7.92. The third kappa shape index (κ3) is 3.99. The van der Waals surface area contributed by atoms with Crippen molar-refractivity contribution < 1.29 is 4.74 Å². The first-order chi connectivity index (χ1) is 9.39. The second-order valence-corrected chi connectivity index (χ2v) is 7.27. The van der Waals surface area contributed by atoms with Crippen molar-refractivity contribution in [1.29, 1.82) is 0 Å². The highest BCUT2D eigenvalue weighted by Crippen LogP contribution is 2.34. The van der Waals surface area contributed by atoms with Crippen LogP contribution in [0.15, 0.2) is 18.2 Å². The maximum Gasteiger partial charge on any atom is 0.123 e. The van der Waals surface area contributed by atoms with E-state index in [0.29, 0.717) is 17.6 Å². The summed E-state index contributed by atoms with van der Waals surface area (Å²) in [7, 11) is 0. The van der Waals surface area contributed by atoms with Crippen LogP contribution in [0.1, 0.15) is 64.6 Å². The summed E-state index contributed by atoms with van der Waals surface area (Å²) in [6.45, 7) is 12.4. The van der Waals surface area contributed by atoms with Crippen molar-refractivity contribution in [2.75, 3.05) is 6.54 Å². The zero-order chi connectivity index (χ0) is 14.8. The number of hydrogen-bond donors (Lipinski definition) is 1. The number of fused-ring (bicyclic) bond motifs is 1. The highest BCUT2D eigenvalue weighted by Gasteiger charge is 2.23. The Kier molecular flexibility index (Phi) is 4.74. The van der Waals surface area contributed by atoms with E-state index in [2.05, 4.69) is 58.1 Å². The Morgan fingerprint density at radius 1 is 1.35 bits per heavy atom. The summed E-state index contributed by atoms with van der Waals surface area (Å²) in [6, 6.07) is 7.17. The lowest BCUT2D eigenvalue weighted by atomic mass is 9.85. The predicted molar refractivity (Wildman–Crippen MR) is 85.3 cm³/mol. The van der Waals surface area contributed by atoms with E-state index in [4.69, 9.17) is 4.74 Å². The highest BCUT2D eigenvalue weighted by molar-refractivity contribution is 5.41. The standard InChI is InChI=1S/C18H29NO/c1-6-9-19-16(12-18(3,4)5)14-7-8-17-15(11-14)10-13(2)20-17/h7-8,11,13,16,19H,6,9-10,12H2,1-5H3. The van der Waals surface area contributed by atoms with E-state index in [1.807, 2.05) is 0 Å². The van der Waals surface area contributed by atoms with E-state index >= 15 is 0 Å². The minimum atomic E-state index is 0.324. The van der Waals surface area contributed by atoms with Gasteiger partial charge < -0.3 is 10.1 Å². The molecule has 1 N–H and O–H groups in total. The van der Waals surface area contributed by atoms with Crippen molar-refractivity contribution in [2.45, 2.75) is 66.0 Å². The molecule has 20 heavy (non-hydrogen) atoms. The van der Waals surface area contributed by atoms with Crippen molar-refractivity contribution in [3.63, 3.8) is 0 Å². The summed E-state index contributed by atoms with van der Waals surface area (Å²) < 4.78 is 5.80. The summed E-state index contributed by atoms with van der Waals surface area (Å²) in [5, 5.41) is 3.70. The van der Waals surface area contributed by atoms with Crippen LogP contribution in [0.25, 0.3) is 0 Å². The normalized spacial score (nSPS) is 19.6. The average Bonchev–Trinajstić information content (AvgIpc) is 2.72. The van der Waals surface area contributed by atoms with Gasteiger partial charge in [0.15, 0.2) is 0 Å². The fraction of sp³-hybridized carbons (Fsp3) is 0.667. The van der Waals surface area contributed by atoms with E-state index in [0.717, 1.165) is 25.1 Å². The van der Waals surface area contributed by atoms with Gasteiger partial charge in [0.25, 0.3) is 0 Å². The van der Waals surface area contributed by atoms with Crippen LogP contribution in [0.5, 0.6) is 5.75 Å². The molecule has 0 amide bonds. The van der Waals surface area contributed by atoms with Crippen LogP contribution in [0, 0.1) is 5.41 Å². The summed E-state index contributed by atoms with van der Waals surface area (Å²) >= 11 is 0. The van der Waals surface area contributed by atoms with Crippen LogP contribution in [0.3, 0.4) is 0 Å². The molecule has 0 spiro atoms. The monoisotopic (exact) mass is 275 g/mol. The molecule has 1 aliphatic rings. The number of nitrogens with one attached hydrogen (secondary N) is 1. The Balaban J connectivity index is 2.18. The summed E-state index contributed by atoms with van der Waals surface area (Å²) in [5.41, 5.74) is 3.10. The van der Waals surface area contributed by atoms with E-state index in [1.165, 1.54) is 17.5 Å². The molecular formula is C18H29NO. The molecule has 0 fully saturated rings. The first kappa shape index (κ1) is 15.4. The number of ether oxygens (including phenoxy) is 1. The lowest BCUT2D eigenvalue weighted by Crippen LogP contribution is -2.26. The number of rotatable bonds is 5. The lowest BCUT2D eigenvalue weighted by molar-refractivity contribution is 0.254. The second kappa shape index (κ2) is 6.17. The highest BCUT2D eigenvalue weighted by atomic mass is 16.5. The fourth-order valence-corrected chi connectivity index (χ4v) is 2.90.